The highest BCUT2D eigenvalue weighted by Gasteiger charge is 2.05. The van der Waals surface area contributed by atoms with E-state index in [2.05, 4.69) is 25.9 Å². The molecule has 4 heteroatoms. The molecule has 1 aliphatic rings. The van der Waals surface area contributed by atoms with Gasteiger partial charge in [0.05, 0.1) is 11.6 Å². The number of nitrogens with zero attached hydrogens (tertiary/aromatic N) is 2. The molecule has 0 atom stereocenters. The van der Waals surface area contributed by atoms with E-state index in [4.69, 9.17) is 4.74 Å². The fourth-order valence-electron chi connectivity index (χ4n) is 1.57. The van der Waals surface area contributed by atoms with Crippen LogP contribution in [0.3, 0.4) is 0 Å². The summed E-state index contributed by atoms with van der Waals surface area (Å²) in [4.78, 5) is 8.64. The number of ether oxygens (including phenoxy) is 1. The minimum absolute atomic E-state index is 0.777. The summed E-state index contributed by atoms with van der Waals surface area (Å²) in [5, 5.41) is 0. The Labute approximate surface area is 103 Å². The normalized spacial score (nSPS) is 14.8. The van der Waals surface area contributed by atoms with E-state index >= 15 is 0 Å². The van der Waals surface area contributed by atoms with Gasteiger partial charge in [-0.05, 0) is 33.6 Å². The zero-order chi connectivity index (χ0) is 11.4. The summed E-state index contributed by atoms with van der Waals surface area (Å²) in [6.45, 7) is 0.857. The summed E-state index contributed by atoms with van der Waals surface area (Å²) >= 11 is 3.47. The minimum Gasteiger partial charge on any atom is -0.496 e. The van der Waals surface area contributed by atoms with Gasteiger partial charge in [-0.3, -0.25) is 4.99 Å². The van der Waals surface area contributed by atoms with Gasteiger partial charge in [0.15, 0.2) is 0 Å². The molecule has 0 aromatic heterocycles. The Morgan fingerprint density at radius 2 is 2.31 bits per heavy atom. The van der Waals surface area contributed by atoms with Crippen LogP contribution in [0.25, 0.3) is 0 Å². The number of hydrogen-bond donors (Lipinski definition) is 0. The minimum atomic E-state index is 0.777. The van der Waals surface area contributed by atoms with Crippen molar-refractivity contribution < 1.29 is 4.74 Å². The average Bonchev–Trinajstić information content (AvgIpc) is 2.31. The van der Waals surface area contributed by atoms with Crippen LogP contribution in [0.2, 0.25) is 0 Å². The first-order valence-electron chi connectivity index (χ1n) is 5.18. The molecule has 1 aromatic carbocycles. The number of hydrogen-bond acceptors (Lipinski definition) is 3. The maximum atomic E-state index is 5.18. The zero-order valence-electron chi connectivity index (χ0n) is 9.11. The monoisotopic (exact) mass is 280 g/mol. The van der Waals surface area contributed by atoms with Crippen molar-refractivity contribution in [1.82, 2.24) is 0 Å². The standard InChI is InChI=1S/C12H13BrN2O/c1-16-11-4-3-9(7-10(11)13)8-12-14-5-2-6-15-12/h3-5,7H,2,6,8H2,1H3. The number of aliphatic imine (C=N–C) groups is 2. The van der Waals surface area contributed by atoms with Crippen molar-refractivity contribution in [2.45, 2.75) is 12.8 Å². The summed E-state index contributed by atoms with van der Waals surface area (Å²) in [7, 11) is 1.66. The molecule has 0 radical (unpaired) electrons. The van der Waals surface area contributed by atoms with E-state index in [-0.39, 0.29) is 0 Å². The quantitative estimate of drug-likeness (QED) is 0.838. The molecular weight excluding hydrogens is 268 g/mol. The van der Waals surface area contributed by atoms with E-state index in [1.807, 2.05) is 24.4 Å². The maximum Gasteiger partial charge on any atom is 0.133 e. The van der Waals surface area contributed by atoms with Gasteiger partial charge in [-0.15, -0.1) is 0 Å². The second kappa shape index (κ2) is 5.25. The van der Waals surface area contributed by atoms with Gasteiger partial charge in [0.1, 0.15) is 11.6 Å². The highest BCUT2D eigenvalue weighted by molar-refractivity contribution is 9.10. The molecular formula is C12H13BrN2O. The number of halogens is 1. The van der Waals surface area contributed by atoms with Crippen molar-refractivity contribution in [3.63, 3.8) is 0 Å². The Kier molecular flexibility index (Phi) is 3.72. The van der Waals surface area contributed by atoms with E-state index in [0.717, 1.165) is 35.4 Å². The summed E-state index contributed by atoms with van der Waals surface area (Å²) in [5.74, 6) is 1.75. The second-order valence-electron chi connectivity index (χ2n) is 3.54. The van der Waals surface area contributed by atoms with Crippen LogP contribution in [-0.2, 0) is 6.42 Å². The lowest BCUT2D eigenvalue weighted by atomic mass is 10.1. The third-order valence-electron chi connectivity index (χ3n) is 2.37. The predicted molar refractivity (Wildman–Crippen MR) is 69.8 cm³/mol. The highest BCUT2D eigenvalue weighted by Crippen LogP contribution is 2.25. The number of amidine groups is 1. The van der Waals surface area contributed by atoms with Gasteiger partial charge in [0, 0.05) is 25.6 Å². The van der Waals surface area contributed by atoms with Crippen molar-refractivity contribution in [3.05, 3.63) is 28.2 Å². The fraction of sp³-hybridized carbons (Fsp3) is 0.333. The van der Waals surface area contributed by atoms with Crippen LogP contribution in [0.15, 0.2) is 32.7 Å². The molecule has 0 unspecified atom stereocenters. The Bertz CT molecular complexity index is 441. The Morgan fingerprint density at radius 1 is 1.44 bits per heavy atom. The highest BCUT2D eigenvalue weighted by atomic mass is 79.9. The molecule has 0 saturated carbocycles. The second-order valence-corrected chi connectivity index (χ2v) is 4.40. The van der Waals surface area contributed by atoms with Gasteiger partial charge < -0.3 is 4.74 Å². The summed E-state index contributed by atoms with van der Waals surface area (Å²) in [6.07, 6.45) is 3.66. The van der Waals surface area contributed by atoms with Gasteiger partial charge in [-0.25, -0.2) is 4.99 Å². The number of methoxy groups -OCH3 is 1. The first-order valence-corrected chi connectivity index (χ1v) is 5.97. The smallest absolute Gasteiger partial charge is 0.133 e. The van der Waals surface area contributed by atoms with Gasteiger partial charge >= 0.3 is 0 Å². The van der Waals surface area contributed by atoms with Crippen molar-refractivity contribution in [2.75, 3.05) is 13.7 Å². The molecule has 1 heterocycles. The lowest BCUT2D eigenvalue weighted by molar-refractivity contribution is 0.412. The van der Waals surface area contributed by atoms with Crippen LogP contribution in [0.5, 0.6) is 5.75 Å². The van der Waals surface area contributed by atoms with E-state index in [9.17, 15) is 0 Å². The zero-order valence-corrected chi connectivity index (χ0v) is 10.7. The molecule has 1 aromatic rings. The van der Waals surface area contributed by atoms with Crippen molar-refractivity contribution >= 4 is 28.0 Å². The van der Waals surface area contributed by atoms with Gasteiger partial charge in [0.25, 0.3) is 0 Å². The van der Waals surface area contributed by atoms with E-state index in [1.165, 1.54) is 5.56 Å². The molecule has 3 nitrogen and oxygen atoms in total. The van der Waals surface area contributed by atoms with Crippen LogP contribution in [-0.4, -0.2) is 25.7 Å². The Balaban J connectivity index is 2.13. The van der Waals surface area contributed by atoms with Crippen LogP contribution >= 0.6 is 15.9 Å². The molecule has 1 aliphatic heterocycles. The van der Waals surface area contributed by atoms with Crippen LogP contribution in [0, 0.1) is 0 Å². The first kappa shape index (κ1) is 11.3. The molecule has 84 valence electrons. The summed E-state index contributed by atoms with van der Waals surface area (Å²) in [6, 6.07) is 6.04. The van der Waals surface area contributed by atoms with Gasteiger partial charge in [-0.1, -0.05) is 6.07 Å². The van der Waals surface area contributed by atoms with Crippen LogP contribution < -0.4 is 4.74 Å². The Morgan fingerprint density at radius 3 is 2.94 bits per heavy atom. The molecule has 0 saturated heterocycles. The largest absolute Gasteiger partial charge is 0.496 e. The van der Waals surface area contributed by atoms with Gasteiger partial charge in [0.2, 0.25) is 0 Å². The summed E-state index contributed by atoms with van der Waals surface area (Å²) in [5.41, 5.74) is 1.19. The number of rotatable bonds is 3. The molecule has 2 rings (SSSR count). The van der Waals surface area contributed by atoms with E-state index in [1.54, 1.807) is 7.11 Å². The SMILES string of the molecule is COc1ccc(CC2=NCCC=N2)cc1Br. The lowest BCUT2D eigenvalue weighted by Gasteiger charge is -2.08. The summed E-state index contributed by atoms with van der Waals surface area (Å²) < 4.78 is 6.15. The third-order valence-corrected chi connectivity index (χ3v) is 2.99. The maximum absolute atomic E-state index is 5.18. The molecule has 0 amide bonds. The Hall–Kier alpha value is -1.16. The predicted octanol–water partition coefficient (Wildman–Crippen LogP) is 2.87. The molecule has 0 bridgehead atoms. The molecule has 0 N–H and O–H groups in total. The lowest BCUT2D eigenvalue weighted by Crippen LogP contribution is -2.06. The molecule has 16 heavy (non-hydrogen) atoms. The van der Waals surface area contributed by atoms with Crippen LogP contribution in [0.1, 0.15) is 12.0 Å². The third kappa shape index (κ3) is 2.70. The average molecular weight is 281 g/mol. The fourth-order valence-corrected chi connectivity index (χ4v) is 2.15. The van der Waals surface area contributed by atoms with Crippen molar-refractivity contribution in [1.29, 1.82) is 0 Å². The number of benzene rings is 1. The molecule has 0 aliphatic carbocycles. The first-order chi connectivity index (χ1) is 7.79. The van der Waals surface area contributed by atoms with Crippen molar-refractivity contribution in [3.8, 4) is 5.75 Å². The molecule has 0 spiro atoms. The van der Waals surface area contributed by atoms with Gasteiger partial charge in [-0.2, -0.15) is 0 Å². The topological polar surface area (TPSA) is 34.0 Å². The van der Waals surface area contributed by atoms with E-state index in [0.29, 0.717) is 0 Å². The molecule has 0 fully saturated rings. The van der Waals surface area contributed by atoms with Crippen LogP contribution in [0.4, 0.5) is 0 Å². The van der Waals surface area contributed by atoms with Crippen molar-refractivity contribution in [2.24, 2.45) is 9.98 Å². The van der Waals surface area contributed by atoms with E-state index < -0.39 is 0 Å².